The highest BCUT2D eigenvalue weighted by atomic mass is 35.5. The number of amides is 3. The third-order valence-corrected chi connectivity index (χ3v) is 5.09. The third kappa shape index (κ3) is 5.04. The number of rotatable bonds is 4. The zero-order valence-corrected chi connectivity index (χ0v) is 17.2. The molecule has 1 saturated heterocycles. The van der Waals surface area contributed by atoms with Crippen LogP contribution in [0.2, 0.25) is 5.02 Å². The summed E-state index contributed by atoms with van der Waals surface area (Å²) in [5.74, 6) is -1.40. The molecule has 156 valence electrons. The first-order chi connectivity index (χ1) is 14.4. The van der Waals surface area contributed by atoms with Gasteiger partial charge in [-0.25, -0.2) is 4.39 Å². The van der Waals surface area contributed by atoms with Gasteiger partial charge in [-0.3, -0.25) is 14.4 Å². The molecule has 2 aromatic rings. The van der Waals surface area contributed by atoms with Crippen molar-refractivity contribution in [3.8, 4) is 0 Å². The summed E-state index contributed by atoms with van der Waals surface area (Å²) >= 11 is 5.86. The van der Waals surface area contributed by atoms with Gasteiger partial charge in [-0.05, 0) is 42.0 Å². The zero-order chi connectivity index (χ0) is 21.7. The number of nitrogens with one attached hydrogen (secondary N) is 1. The second-order valence-electron chi connectivity index (χ2n) is 6.78. The molecule has 0 unspecified atom stereocenters. The Bertz CT molecular complexity index is 984. The van der Waals surface area contributed by atoms with Crippen LogP contribution in [0.4, 0.5) is 4.39 Å². The highest BCUT2D eigenvalue weighted by Crippen LogP contribution is 2.18. The lowest BCUT2D eigenvalue weighted by molar-refractivity contribution is -0.127. The van der Waals surface area contributed by atoms with Gasteiger partial charge >= 0.3 is 0 Å². The van der Waals surface area contributed by atoms with Crippen LogP contribution in [0.25, 0.3) is 6.08 Å². The van der Waals surface area contributed by atoms with Gasteiger partial charge < -0.3 is 15.1 Å². The van der Waals surface area contributed by atoms with Gasteiger partial charge in [0.15, 0.2) is 0 Å². The maximum Gasteiger partial charge on any atom is 0.257 e. The van der Waals surface area contributed by atoms with Gasteiger partial charge in [-0.2, -0.15) is 0 Å². The predicted molar refractivity (Wildman–Crippen MR) is 113 cm³/mol. The SMILES string of the molecule is CNC(=O)c1ccc(/C=C/C(=O)N2CCN(C(=O)c3cc(Cl)ccc3F)CC2)cc1. The molecule has 6 nitrogen and oxygen atoms in total. The number of halogens is 2. The third-order valence-electron chi connectivity index (χ3n) is 4.86. The van der Waals surface area contributed by atoms with Crippen molar-refractivity contribution in [3.05, 3.63) is 76.1 Å². The first kappa shape index (κ1) is 21.5. The minimum Gasteiger partial charge on any atom is -0.355 e. The summed E-state index contributed by atoms with van der Waals surface area (Å²) in [5.41, 5.74) is 1.27. The molecule has 3 rings (SSSR count). The van der Waals surface area contributed by atoms with Crippen LogP contribution in [0.5, 0.6) is 0 Å². The topological polar surface area (TPSA) is 69.7 Å². The van der Waals surface area contributed by atoms with Crippen molar-refractivity contribution in [2.45, 2.75) is 0 Å². The fraction of sp³-hybridized carbons (Fsp3) is 0.227. The van der Waals surface area contributed by atoms with Crippen molar-refractivity contribution in [1.29, 1.82) is 0 Å². The second-order valence-corrected chi connectivity index (χ2v) is 7.21. The second kappa shape index (κ2) is 9.54. The standard InChI is InChI=1S/C22H21ClFN3O3/c1-25-21(29)16-5-2-15(3-6-16)4-9-20(28)26-10-12-27(13-11-26)22(30)18-14-17(23)7-8-19(18)24/h2-9,14H,10-13H2,1H3,(H,25,29)/b9-4+. The van der Waals surface area contributed by atoms with Crippen molar-refractivity contribution in [1.82, 2.24) is 15.1 Å². The molecule has 1 heterocycles. The van der Waals surface area contributed by atoms with Crippen LogP contribution in [0.1, 0.15) is 26.3 Å². The van der Waals surface area contributed by atoms with E-state index in [2.05, 4.69) is 5.32 Å². The minimum absolute atomic E-state index is 0.0672. The van der Waals surface area contributed by atoms with E-state index in [1.807, 2.05) is 0 Å². The fourth-order valence-electron chi connectivity index (χ4n) is 3.12. The lowest BCUT2D eigenvalue weighted by atomic mass is 10.1. The summed E-state index contributed by atoms with van der Waals surface area (Å²) in [6.07, 6.45) is 3.14. The van der Waals surface area contributed by atoms with Crippen LogP contribution in [0, 0.1) is 5.82 Å². The first-order valence-electron chi connectivity index (χ1n) is 9.42. The maximum absolute atomic E-state index is 13.9. The molecule has 2 aromatic carbocycles. The minimum atomic E-state index is -0.617. The van der Waals surface area contributed by atoms with Crippen molar-refractivity contribution < 1.29 is 18.8 Å². The van der Waals surface area contributed by atoms with Crippen LogP contribution >= 0.6 is 11.6 Å². The van der Waals surface area contributed by atoms with Crippen molar-refractivity contribution in [2.24, 2.45) is 0 Å². The van der Waals surface area contributed by atoms with E-state index in [4.69, 9.17) is 11.6 Å². The van der Waals surface area contributed by atoms with E-state index in [1.54, 1.807) is 42.3 Å². The number of carbonyl (C=O) groups is 3. The largest absolute Gasteiger partial charge is 0.355 e. The molecule has 1 aliphatic heterocycles. The lowest BCUT2D eigenvalue weighted by Crippen LogP contribution is -2.50. The number of carbonyl (C=O) groups excluding carboxylic acids is 3. The molecular weight excluding hydrogens is 409 g/mol. The monoisotopic (exact) mass is 429 g/mol. The Hall–Kier alpha value is -3.19. The van der Waals surface area contributed by atoms with Crippen LogP contribution in [0.15, 0.2) is 48.5 Å². The molecule has 1 fully saturated rings. The van der Waals surface area contributed by atoms with Gasteiger partial charge in [-0.1, -0.05) is 23.7 Å². The van der Waals surface area contributed by atoms with Gasteiger partial charge in [0, 0.05) is 49.9 Å². The molecule has 1 N–H and O–H groups in total. The van der Waals surface area contributed by atoms with Crippen LogP contribution in [-0.4, -0.2) is 60.7 Å². The van der Waals surface area contributed by atoms with Crippen LogP contribution in [-0.2, 0) is 4.79 Å². The Morgan fingerprint density at radius 3 is 2.27 bits per heavy atom. The zero-order valence-electron chi connectivity index (χ0n) is 16.4. The van der Waals surface area contributed by atoms with E-state index in [0.29, 0.717) is 36.8 Å². The Morgan fingerprint density at radius 2 is 1.63 bits per heavy atom. The normalized spacial score (nSPS) is 14.1. The summed E-state index contributed by atoms with van der Waals surface area (Å²) in [7, 11) is 1.56. The predicted octanol–water partition coefficient (Wildman–Crippen LogP) is 2.84. The Balaban J connectivity index is 1.56. The molecule has 0 aromatic heterocycles. The molecule has 8 heteroatoms. The molecule has 0 saturated carbocycles. The van der Waals surface area contributed by atoms with Gasteiger partial charge in [0.25, 0.3) is 11.8 Å². The lowest BCUT2D eigenvalue weighted by Gasteiger charge is -2.34. The summed E-state index contributed by atoms with van der Waals surface area (Å²) in [5, 5.41) is 2.84. The number of benzene rings is 2. The number of piperazine rings is 1. The molecule has 0 spiro atoms. The average Bonchev–Trinajstić information content (AvgIpc) is 2.78. The van der Waals surface area contributed by atoms with Crippen LogP contribution in [0.3, 0.4) is 0 Å². The van der Waals surface area contributed by atoms with E-state index in [-0.39, 0.29) is 17.4 Å². The highest BCUT2D eigenvalue weighted by Gasteiger charge is 2.25. The summed E-state index contributed by atoms with van der Waals surface area (Å²) < 4.78 is 13.9. The van der Waals surface area contributed by atoms with E-state index in [1.165, 1.54) is 29.2 Å². The Morgan fingerprint density at radius 1 is 1.00 bits per heavy atom. The summed E-state index contributed by atoms with van der Waals surface area (Å²) in [6.45, 7) is 1.33. The fourth-order valence-corrected chi connectivity index (χ4v) is 3.30. The van der Waals surface area contributed by atoms with Gasteiger partial charge in [0.05, 0.1) is 5.56 Å². The number of hydrogen-bond donors (Lipinski definition) is 1. The molecule has 1 aliphatic rings. The number of nitrogens with zero attached hydrogens (tertiary/aromatic N) is 2. The average molecular weight is 430 g/mol. The van der Waals surface area contributed by atoms with E-state index >= 15 is 0 Å². The molecular formula is C22H21ClFN3O3. The molecule has 0 aliphatic carbocycles. The molecule has 0 bridgehead atoms. The van der Waals surface area contributed by atoms with Crippen molar-refractivity contribution in [2.75, 3.05) is 33.2 Å². The van der Waals surface area contributed by atoms with Gasteiger partial charge in [0.1, 0.15) is 5.82 Å². The van der Waals surface area contributed by atoms with E-state index < -0.39 is 11.7 Å². The highest BCUT2D eigenvalue weighted by molar-refractivity contribution is 6.31. The Kier molecular flexibility index (Phi) is 6.84. The van der Waals surface area contributed by atoms with Crippen molar-refractivity contribution in [3.63, 3.8) is 0 Å². The number of hydrogen-bond acceptors (Lipinski definition) is 3. The molecule has 0 atom stereocenters. The molecule has 30 heavy (non-hydrogen) atoms. The van der Waals surface area contributed by atoms with E-state index in [0.717, 1.165) is 5.56 Å². The van der Waals surface area contributed by atoms with Gasteiger partial charge in [-0.15, -0.1) is 0 Å². The molecule has 0 radical (unpaired) electrons. The first-order valence-corrected chi connectivity index (χ1v) is 9.80. The quantitative estimate of drug-likeness (QED) is 0.760. The van der Waals surface area contributed by atoms with Crippen molar-refractivity contribution >= 4 is 35.4 Å². The van der Waals surface area contributed by atoms with Crippen LogP contribution < -0.4 is 5.32 Å². The molecule has 3 amide bonds. The van der Waals surface area contributed by atoms with E-state index in [9.17, 15) is 18.8 Å². The van der Waals surface area contributed by atoms with Gasteiger partial charge in [0.2, 0.25) is 5.91 Å². The summed E-state index contributed by atoms with van der Waals surface area (Å²) in [4.78, 5) is 39.7. The smallest absolute Gasteiger partial charge is 0.257 e. The Labute approximate surface area is 178 Å². The summed E-state index contributed by atoms with van der Waals surface area (Å²) in [6, 6.07) is 10.7. The maximum atomic E-state index is 13.9.